The smallest absolute Gasteiger partial charge is 0.216 e. The molecule has 2 nitrogen and oxygen atoms in total. The van der Waals surface area contributed by atoms with Crippen LogP contribution >= 0.6 is 0 Å². The van der Waals surface area contributed by atoms with Crippen LogP contribution in [-0.2, 0) is 0 Å². The van der Waals surface area contributed by atoms with Crippen molar-refractivity contribution in [1.29, 1.82) is 0 Å². The lowest BCUT2D eigenvalue weighted by molar-refractivity contribution is 0.578. The largest absolute Gasteiger partial charge is 0.234 e. The van der Waals surface area contributed by atoms with Gasteiger partial charge in [-0.25, -0.2) is 4.98 Å². The van der Waals surface area contributed by atoms with E-state index in [0.717, 1.165) is 6.07 Å². The highest BCUT2D eigenvalue weighted by Crippen LogP contribution is 1.81. The van der Waals surface area contributed by atoms with Crippen LogP contribution in [0.15, 0.2) is 12.3 Å². The van der Waals surface area contributed by atoms with Crippen molar-refractivity contribution >= 4 is 0 Å². The normalized spacial score (nSPS) is 8.71. The molecule has 0 spiro atoms. The predicted molar refractivity (Wildman–Crippen MR) is 20.8 cm³/mol. The monoisotopic (exact) mass is 97.0 g/mol. The maximum Gasteiger partial charge on any atom is 0.216 e. The topological polar surface area (TPSA) is 25.8 Å². The molecule has 35 valence electrons. The van der Waals surface area contributed by atoms with Crippen LogP contribution in [0.2, 0.25) is 0 Å². The van der Waals surface area contributed by atoms with Crippen LogP contribution in [-0.4, -0.2) is 9.97 Å². The van der Waals surface area contributed by atoms with Gasteiger partial charge in [-0.15, -0.1) is 0 Å². The average molecular weight is 97.1 g/mol. The molecule has 0 fully saturated rings. The third kappa shape index (κ3) is 0.924. The van der Waals surface area contributed by atoms with Gasteiger partial charge in [0.25, 0.3) is 0 Å². The molecule has 0 unspecified atom stereocenters. The maximum absolute atomic E-state index is 11.7. The second-order valence-corrected chi connectivity index (χ2v) is 0.979. The van der Waals surface area contributed by atoms with Crippen molar-refractivity contribution in [2.75, 3.05) is 0 Å². The minimum atomic E-state index is -0.546. The summed E-state index contributed by atoms with van der Waals surface area (Å²) < 4.78 is 11.7. The van der Waals surface area contributed by atoms with Crippen LogP contribution in [0.25, 0.3) is 0 Å². The molecule has 1 radical (unpaired) electrons. The SMILES string of the molecule is Fc1ccn[c]n1. The first-order chi connectivity index (χ1) is 3.39. The third-order valence-electron chi connectivity index (χ3n) is 0.501. The molecule has 1 aromatic rings. The van der Waals surface area contributed by atoms with Gasteiger partial charge in [0.2, 0.25) is 5.95 Å². The molecule has 3 heteroatoms. The number of hydrogen-bond donors (Lipinski definition) is 0. The zero-order chi connectivity index (χ0) is 5.11. The van der Waals surface area contributed by atoms with Gasteiger partial charge in [0, 0.05) is 12.3 Å². The molecule has 1 rings (SSSR count). The van der Waals surface area contributed by atoms with E-state index in [1.54, 1.807) is 0 Å². The molecule has 0 saturated carbocycles. The summed E-state index contributed by atoms with van der Waals surface area (Å²) in [5, 5.41) is 0. The van der Waals surface area contributed by atoms with Gasteiger partial charge in [-0.3, -0.25) is 0 Å². The highest BCUT2D eigenvalue weighted by molar-refractivity contribution is 4.78. The van der Waals surface area contributed by atoms with Crippen LogP contribution in [0.1, 0.15) is 0 Å². The highest BCUT2D eigenvalue weighted by Gasteiger charge is 1.80. The van der Waals surface area contributed by atoms with Gasteiger partial charge in [0.1, 0.15) is 0 Å². The molecule has 0 aliphatic carbocycles. The quantitative estimate of drug-likeness (QED) is 0.438. The van der Waals surface area contributed by atoms with Crippen LogP contribution in [0.4, 0.5) is 4.39 Å². The highest BCUT2D eigenvalue weighted by atomic mass is 19.1. The van der Waals surface area contributed by atoms with Crippen molar-refractivity contribution in [2.45, 2.75) is 0 Å². The minimum Gasteiger partial charge on any atom is -0.234 e. The Hall–Kier alpha value is -0.990. The summed E-state index contributed by atoms with van der Waals surface area (Å²) in [6.07, 6.45) is 3.38. The Morgan fingerprint density at radius 2 is 2.57 bits per heavy atom. The molecule has 0 aliphatic heterocycles. The van der Waals surface area contributed by atoms with Crippen LogP contribution in [0.5, 0.6) is 0 Å². The first-order valence-electron chi connectivity index (χ1n) is 1.74. The van der Waals surface area contributed by atoms with Crippen molar-refractivity contribution in [3.05, 3.63) is 24.5 Å². The zero-order valence-electron chi connectivity index (χ0n) is 3.43. The van der Waals surface area contributed by atoms with Crippen molar-refractivity contribution in [3.8, 4) is 0 Å². The van der Waals surface area contributed by atoms with E-state index in [2.05, 4.69) is 16.3 Å². The molecule has 7 heavy (non-hydrogen) atoms. The van der Waals surface area contributed by atoms with E-state index in [9.17, 15) is 4.39 Å². The van der Waals surface area contributed by atoms with E-state index in [-0.39, 0.29) is 0 Å². The third-order valence-corrected chi connectivity index (χ3v) is 0.501. The summed E-state index contributed by atoms with van der Waals surface area (Å²) in [5.41, 5.74) is 0. The Bertz CT molecular complexity index is 140. The van der Waals surface area contributed by atoms with Gasteiger partial charge in [-0.05, 0) is 0 Å². The molecule has 1 aromatic heterocycles. The van der Waals surface area contributed by atoms with Gasteiger partial charge in [-0.2, -0.15) is 9.37 Å². The maximum atomic E-state index is 11.7. The van der Waals surface area contributed by atoms with Gasteiger partial charge < -0.3 is 0 Å². The number of aromatic nitrogens is 2. The lowest BCUT2D eigenvalue weighted by Crippen LogP contribution is -1.79. The van der Waals surface area contributed by atoms with Gasteiger partial charge in [-0.1, -0.05) is 0 Å². The molecule has 0 saturated heterocycles. The lowest BCUT2D eigenvalue weighted by Gasteiger charge is -1.76. The zero-order valence-corrected chi connectivity index (χ0v) is 3.43. The summed E-state index contributed by atoms with van der Waals surface area (Å²) >= 11 is 0. The van der Waals surface area contributed by atoms with Crippen LogP contribution in [0.3, 0.4) is 0 Å². The Balaban J connectivity index is 3.02. The molecule has 1 heterocycles. The summed E-state index contributed by atoms with van der Waals surface area (Å²) in [5.74, 6) is -0.546. The molecule has 0 N–H and O–H groups in total. The standard InChI is InChI=1S/C4H2FN2/c5-4-1-2-6-3-7-4/h1-2H. The van der Waals surface area contributed by atoms with E-state index in [1.807, 2.05) is 0 Å². The fraction of sp³-hybridized carbons (Fsp3) is 0. The van der Waals surface area contributed by atoms with Gasteiger partial charge >= 0.3 is 0 Å². The molecule has 0 aliphatic rings. The molecule has 0 atom stereocenters. The van der Waals surface area contributed by atoms with Crippen molar-refractivity contribution in [1.82, 2.24) is 9.97 Å². The summed E-state index contributed by atoms with van der Waals surface area (Å²) in [4.78, 5) is 6.45. The average Bonchev–Trinajstić information content (AvgIpc) is 1.69. The Kier molecular flexibility index (Phi) is 0.978. The fourth-order valence-corrected chi connectivity index (χ4v) is 0.246. The Labute approximate surface area is 40.0 Å². The van der Waals surface area contributed by atoms with Crippen LogP contribution < -0.4 is 0 Å². The summed E-state index contributed by atoms with van der Waals surface area (Å²) in [6, 6.07) is 1.16. The molecular weight excluding hydrogens is 95.1 g/mol. The number of halogens is 1. The molecule has 0 amide bonds. The van der Waals surface area contributed by atoms with E-state index in [4.69, 9.17) is 0 Å². The number of rotatable bonds is 0. The number of nitrogens with zero attached hydrogens (tertiary/aromatic N) is 2. The predicted octanol–water partition coefficient (Wildman–Crippen LogP) is 0.416. The van der Waals surface area contributed by atoms with E-state index in [1.165, 1.54) is 6.20 Å². The van der Waals surface area contributed by atoms with E-state index in [0.29, 0.717) is 0 Å². The second kappa shape index (κ2) is 1.64. The first kappa shape index (κ1) is 4.18. The van der Waals surface area contributed by atoms with E-state index >= 15 is 0 Å². The summed E-state index contributed by atoms with van der Waals surface area (Å²) in [6.45, 7) is 0. The van der Waals surface area contributed by atoms with Gasteiger partial charge in [0.05, 0.1) is 0 Å². The lowest BCUT2D eigenvalue weighted by atomic mass is 10.7. The van der Waals surface area contributed by atoms with Crippen LogP contribution in [0, 0.1) is 12.3 Å². The molecule has 0 aromatic carbocycles. The molecular formula is C4H2FN2. The Morgan fingerprint density at radius 3 is 2.86 bits per heavy atom. The van der Waals surface area contributed by atoms with Crippen molar-refractivity contribution in [3.63, 3.8) is 0 Å². The van der Waals surface area contributed by atoms with Crippen molar-refractivity contribution < 1.29 is 4.39 Å². The second-order valence-electron chi connectivity index (χ2n) is 0.979. The van der Waals surface area contributed by atoms with Gasteiger partial charge in [0.15, 0.2) is 6.33 Å². The minimum absolute atomic E-state index is 0.546. The summed E-state index contributed by atoms with van der Waals surface area (Å²) in [7, 11) is 0. The fourth-order valence-electron chi connectivity index (χ4n) is 0.246. The Morgan fingerprint density at radius 1 is 1.71 bits per heavy atom. The number of hydrogen-bond acceptors (Lipinski definition) is 2. The van der Waals surface area contributed by atoms with Crippen molar-refractivity contribution in [2.24, 2.45) is 0 Å². The molecule has 0 bridgehead atoms. The van der Waals surface area contributed by atoms with E-state index < -0.39 is 5.95 Å². The first-order valence-corrected chi connectivity index (χ1v) is 1.74.